The lowest BCUT2D eigenvalue weighted by Gasteiger charge is -2.08. The van der Waals surface area contributed by atoms with Gasteiger partial charge in [0.1, 0.15) is 0 Å². The quantitative estimate of drug-likeness (QED) is 0.705. The second-order valence-corrected chi connectivity index (χ2v) is 7.91. The molecular formula is C20H26N2O3S. The van der Waals surface area contributed by atoms with Crippen LogP contribution in [-0.2, 0) is 27.7 Å². The van der Waals surface area contributed by atoms with Gasteiger partial charge in [-0.05, 0) is 54.7 Å². The van der Waals surface area contributed by atoms with Crippen LogP contribution in [0.4, 0.5) is 5.69 Å². The maximum Gasteiger partial charge on any atom is 0.240 e. The van der Waals surface area contributed by atoms with Crippen molar-refractivity contribution in [3.8, 4) is 0 Å². The number of amides is 1. The van der Waals surface area contributed by atoms with Gasteiger partial charge >= 0.3 is 0 Å². The molecule has 0 aliphatic heterocycles. The van der Waals surface area contributed by atoms with Gasteiger partial charge in [-0.2, -0.15) is 0 Å². The predicted octanol–water partition coefficient (Wildman–Crippen LogP) is 3.51. The van der Waals surface area contributed by atoms with Crippen LogP contribution >= 0.6 is 0 Å². The summed E-state index contributed by atoms with van der Waals surface area (Å²) in [7, 11) is -3.45. The van der Waals surface area contributed by atoms with Gasteiger partial charge < -0.3 is 5.32 Å². The van der Waals surface area contributed by atoms with E-state index in [1.807, 2.05) is 31.2 Å². The second kappa shape index (κ2) is 9.50. The molecule has 0 spiro atoms. The van der Waals surface area contributed by atoms with Crippen molar-refractivity contribution in [3.05, 3.63) is 59.7 Å². The Morgan fingerprint density at radius 1 is 0.923 bits per heavy atom. The highest BCUT2D eigenvalue weighted by Crippen LogP contribution is 2.13. The van der Waals surface area contributed by atoms with Gasteiger partial charge in [-0.25, -0.2) is 13.1 Å². The molecule has 1 amide bonds. The number of aryl methyl sites for hydroxylation is 2. The van der Waals surface area contributed by atoms with E-state index in [1.165, 1.54) is 5.56 Å². The zero-order valence-electron chi connectivity index (χ0n) is 15.3. The Hall–Kier alpha value is -2.18. The number of sulfonamides is 1. The smallest absolute Gasteiger partial charge is 0.240 e. The Kier molecular flexibility index (Phi) is 7.36. The van der Waals surface area contributed by atoms with Crippen molar-refractivity contribution in [2.24, 2.45) is 0 Å². The Balaban J connectivity index is 1.87. The number of anilines is 1. The summed E-state index contributed by atoms with van der Waals surface area (Å²) in [6.07, 6.45) is 2.61. The molecule has 0 aromatic heterocycles. The third-order valence-electron chi connectivity index (χ3n) is 4.06. The fourth-order valence-electron chi connectivity index (χ4n) is 2.46. The van der Waals surface area contributed by atoms with Gasteiger partial charge in [0.05, 0.1) is 4.90 Å². The van der Waals surface area contributed by atoms with Crippen LogP contribution in [0.15, 0.2) is 53.4 Å². The minimum Gasteiger partial charge on any atom is -0.326 e. The summed E-state index contributed by atoms with van der Waals surface area (Å²) in [6, 6.07) is 14.5. The summed E-state index contributed by atoms with van der Waals surface area (Å²) >= 11 is 0. The van der Waals surface area contributed by atoms with E-state index in [0.717, 1.165) is 24.1 Å². The lowest BCUT2D eigenvalue weighted by atomic mass is 10.1. The van der Waals surface area contributed by atoms with Crippen molar-refractivity contribution in [3.63, 3.8) is 0 Å². The molecule has 0 bridgehead atoms. The number of rotatable bonds is 9. The van der Waals surface area contributed by atoms with Gasteiger partial charge in [0, 0.05) is 18.7 Å². The zero-order chi connectivity index (χ0) is 19.0. The lowest BCUT2D eigenvalue weighted by molar-refractivity contribution is -0.116. The summed E-state index contributed by atoms with van der Waals surface area (Å²) in [5.41, 5.74) is 2.94. The summed E-state index contributed by atoms with van der Waals surface area (Å²) in [6.45, 7) is 4.42. The van der Waals surface area contributed by atoms with Crippen molar-refractivity contribution in [1.82, 2.24) is 4.72 Å². The molecule has 2 aromatic carbocycles. The van der Waals surface area contributed by atoms with Crippen LogP contribution in [0.1, 0.15) is 37.8 Å². The van der Waals surface area contributed by atoms with E-state index >= 15 is 0 Å². The fraction of sp³-hybridized carbons (Fsp3) is 0.350. The zero-order valence-corrected chi connectivity index (χ0v) is 16.1. The number of benzene rings is 2. The minimum atomic E-state index is -3.45. The molecule has 0 saturated heterocycles. The maximum absolute atomic E-state index is 12.1. The summed E-state index contributed by atoms with van der Waals surface area (Å²) in [5, 5.41) is 2.88. The molecule has 0 aliphatic rings. The molecule has 140 valence electrons. The van der Waals surface area contributed by atoms with Gasteiger partial charge in [-0.15, -0.1) is 0 Å². The van der Waals surface area contributed by atoms with Crippen LogP contribution in [0.2, 0.25) is 0 Å². The molecule has 0 aliphatic carbocycles. The molecule has 0 radical (unpaired) electrons. The third kappa shape index (κ3) is 5.97. The molecule has 26 heavy (non-hydrogen) atoms. The predicted molar refractivity (Wildman–Crippen MR) is 105 cm³/mol. The SMILES string of the molecule is CCCNS(=O)(=O)c1ccc(CCC(=O)Nc2ccc(CC)cc2)cc1. The largest absolute Gasteiger partial charge is 0.326 e. The first-order valence-corrected chi connectivity index (χ1v) is 10.4. The average molecular weight is 375 g/mol. The Bertz CT molecular complexity index is 813. The molecule has 2 N–H and O–H groups in total. The van der Waals surface area contributed by atoms with Crippen LogP contribution in [0.5, 0.6) is 0 Å². The summed E-state index contributed by atoms with van der Waals surface area (Å²) in [4.78, 5) is 12.3. The third-order valence-corrected chi connectivity index (χ3v) is 5.54. The van der Waals surface area contributed by atoms with E-state index in [1.54, 1.807) is 24.3 Å². The van der Waals surface area contributed by atoms with Crippen molar-refractivity contribution in [2.75, 3.05) is 11.9 Å². The molecule has 0 saturated carbocycles. The first kappa shape index (κ1) is 20.1. The van der Waals surface area contributed by atoms with Crippen LogP contribution in [-0.4, -0.2) is 20.9 Å². The van der Waals surface area contributed by atoms with Gasteiger partial charge in [0.2, 0.25) is 15.9 Å². The molecule has 0 atom stereocenters. The second-order valence-electron chi connectivity index (χ2n) is 6.14. The van der Waals surface area contributed by atoms with Crippen LogP contribution < -0.4 is 10.0 Å². The molecule has 5 nitrogen and oxygen atoms in total. The first-order chi connectivity index (χ1) is 12.4. The Morgan fingerprint density at radius 3 is 2.12 bits per heavy atom. The topological polar surface area (TPSA) is 75.3 Å². The van der Waals surface area contributed by atoms with E-state index in [0.29, 0.717) is 19.4 Å². The Labute approximate surface area is 155 Å². The number of carbonyl (C=O) groups excluding carboxylic acids is 1. The maximum atomic E-state index is 12.1. The molecule has 0 unspecified atom stereocenters. The van der Waals surface area contributed by atoms with Gasteiger partial charge in [0.15, 0.2) is 0 Å². The number of nitrogens with one attached hydrogen (secondary N) is 2. The van der Waals surface area contributed by atoms with E-state index in [9.17, 15) is 13.2 Å². The van der Waals surface area contributed by atoms with Crippen molar-refractivity contribution >= 4 is 21.6 Å². The average Bonchev–Trinajstić information content (AvgIpc) is 2.66. The standard InChI is InChI=1S/C20H26N2O3S/c1-3-15-21-26(24,25)19-12-7-17(8-13-19)9-14-20(23)22-18-10-5-16(4-2)6-11-18/h5-8,10-13,21H,3-4,9,14-15H2,1-2H3,(H,22,23). The van der Waals surface area contributed by atoms with Crippen LogP contribution in [0.25, 0.3) is 0 Å². The van der Waals surface area contributed by atoms with Gasteiger partial charge in [0.25, 0.3) is 0 Å². The summed E-state index contributed by atoms with van der Waals surface area (Å²) < 4.78 is 26.6. The first-order valence-electron chi connectivity index (χ1n) is 8.92. The molecule has 0 fully saturated rings. The number of carbonyl (C=O) groups is 1. The molecule has 2 rings (SSSR count). The highest BCUT2D eigenvalue weighted by Gasteiger charge is 2.12. The van der Waals surface area contributed by atoms with E-state index < -0.39 is 10.0 Å². The van der Waals surface area contributed by atoms with Gasteiger partial charge in [-0.1, -0.05) is 38.1 Å². The normalized spacial score (nSPS) is 11.3. The van der Waals surface area contributed by atoms with Crippen LogP contribution in [0.3, 0.4) is 0 Å². The molecule has 0 heterocycles. The fourth-order valence-corrected chi connectivity index (χ4v) is 3.59. The lowest BCUT2D eigenvalue weighted by Crippen LogP contribution is -2.24. The van der Waals surface area contributed by atoms with E-state index in [2.05, 4.69) is 17.0 Å². The van der Waals surface area contributed by atoms with Crippen molar-refractivity contribution < 1.29 is 13.2 Å². The highest BCUT2D eigenvalue weighted by atomic mass is 32.2. The van der Waals surface area contributed by atoms with Crippen molar-refractivity contribution in [2.45, 2.75) is 44.4 Å². The highest BCUT2D eigenvalue weighted by molar-refractivity contribution is 7.89. The van der Waals surface area contributed by atoms with E-state index in [-0.39, 0.29) is 10.8 Å². The Morgan fingerprint density at radius 2 is 1.54 bits per heavy atom. The van der Waals surface area contributed by atoms with Gasteiger partial charge in [-0.3, -0.25) is 4.79 Å². The van der Waals surface area contributed by atoms with Crippen LogP contribution in [0, 0.1) is 0 Å². The summed E-state index contributed by atoms with van der Waals surface area (Å²) in [5.74, 6) is -0.0597. The van der Waals surface area contributed by atoms with E-state index in [4.69, 9.17) is 0 Å². The number of hydrogen-bond acceptors (Lipinski definition) is 3. The molecule has 6 heteroatoms. The minimum absolute atomic E-state index is 0.0597. The monoisotopic (exact) mass is 374 g/mol. The molecule has 2 aromatic rings. The number of hydrogen-bond donors (Lipinski definition) is 2. The molecular weight excluding hydrogens is 348 g/mol. The van der Waals surface area contributed by atoms with Crippen molar-refractivity contribution in [1.29, 1.82) is 0 Å².